The van der Waals surface area contributed by atoms with Crippen molar-refractivity contribution in [2.24, 2.45) is 0 Å². The second-order valence-electron chi connectivity index (χ2n) is 3.88. The van der Waals surface area contributed by atoms with Gasteiger partial charge in [-0.1, -0.05) is 12.1 Å². The van der Waals surface area contributed by atoms with Crippen LogP contribution < -0.4 is 5.73 Å². The number of nitrogens with two attached hydrogens (primary N) is 1. The summed E-state index contributed by atoms with van der Waals surface area (Å²) in [7, 11) is 0. The average Bonchev–Trinajstić information content (AvgIpc) is 2.87. The number of nitrogen functional groups attached to an aromatic ring is 1. The number of hydrogen-bond donors (Lipinski definition) is 1. The van der Waals surface area contributed by atoms with Crippen LogP contribution in [0.25, 0.3) is 10.2 Å². The lowest BCUT2D eigenvalue weighted by Crippen LogP contribution is -1.98. The quantitative estimate of drug-likeness (QED) is 0.747. The Morgan fingerprint density at radius 2 is 2.05 bits per heavy atom. The maximum Gasteiger partial charge on any atom is 0.142 e. The maximum atomic E-state index is 13.5. The summed E-state index contributed by atoms with van der Waals surface area (Å²) in [4.78, 5) is 10.1. The molecule has 0 radical (unpaired) electrons. The Morgan fingerprint density at radius 3 is 2.89 bits per heavy atom. The van der Waals surface area contributed by atoms with E-state index in [4.69, 9.17) is 5.73 Å². The number of benzene rings is 1. The van der Waals surface area contributed by atoms with Crippen molar-refractivity contribution in [3.8, 4) is 0 Å². The highest BCUT2D eigenvalue weighted by atomic mass is 32.2. The van der Waals surface area contributed by atoms with Crippen LogP contribution in [-0.4, -0.2) is 9.97 Å². The summed E-state index contributed by atoms with van der Waals surface area (Å²) < 4.78 is 13.5. The minimum atomic E-state index is -0.224. The van der Waals surface area contributed by atoms with Gasteiger partial charge < -0.3 is 5.73 Å². The molecule has 3 nitrogen and oxygen atoms in total. The topological polar surface area (TPSA) is 51.8 Å². The Labute approximate surface area is 117 Å². The third-order valence-corrected chi connectivity index (χ3v) is 4.45. The monoisotopic (exact) mass is 291 g/mol. The highest BCUT2D eigenvalue weighted by molar-refractivity contribution is 7.98. The van der Waals surface area contributed by atoms with E-state index >= 15 is 0 Å². The van der Waals surface area contributed by atoms with Gasteiger partial charge in [-0.3, -0.25) is 0 Å². The highest BCUT2D eigenvalue weighted by Crippen LogP contribution is 2.27. The third-order valence-electron chi connectivity index (χ3n) is 2.59. The first kappa shape index (κ1) is 12.4. The number of halogens is 1. The molecule has 2 N–H and O–H groups in total. The van der Waals surface area contributed by atoms with Crippen LogP contribution in [0, 0.1) is 5.82 Å². The number of hydrogen-bond acceptors (Lipinski definition) is 5. The summed E-state index contributed by atoms with van der Waals surface area (Å²) >= 11 is 2.90. The van der Waals surface area contributed by atoms with Crippen LogP contribution in [0.3, 0.4) is 0 Å². The molecule has 0 unspecified atom stereocenters. The lowest BCUT2D eigenvalue weighted by Gasteiger charge is -2.03. The predicted molar refractivity (Wildman–Crippen MR) is 77.8 cm³/mol. The number of thiophene rings is 1. The molecule has 0 spiro atoms. The van der Waals surface area contributed by atoms with Gasteiger partial charge in [-0.15, -0.1) is 23.1 Å². The Morgan fingerprint density at radius 1 is 1.21 bits per heavy atom. The molecule has 2 heterocycles. The lowest BCUT2D eigenvalue weighted by molar-refractivity contribution is 0.602. The molecular weight excluding hydrogens is 281 g/mol. The summed E-state index contributed by atoms with van der Waals surface area (Å²) in [5.74, 6) is 1.38. The zero-order valence-corrected chi connectivity index (χ0v) is 11.5. The van der Waals surface area contributed by atoms with Crippen LogP contribution in [0.5, 0.6) is 0 Å². The molecular formula is C13H10FN3S2. The lowest BCUT2D eigenvalue weighted by atomic mass is 10.3. The van der Waals surface area contributed by atoms with E-state index in [-0.39, 0.29) is 5.82 Å². The third kappa shape index (κ3) is 2.54. The van der Waals surface area contributed by atoms with Gasteiger partial charge in [-0.2, -0.15) is 0 Å². The van der Waals surface area contributed by atoms with Crippen LogP contribution in [0.4, 0.5) is 10.2 Å². The molecule has 0 atom stereocenters. The van der Waals surface area contributed by atoms with E-state index in [1.807, 2.05) is 17.5 Å². The van der Waals surface area contributed by atoms with Crippen molar-refractivity contribution in [2.45, 2.75) is 10.6 Å². The summed E-state index contributed by atoms with van der Waals surface area (Å²) in [6.45, 7) is 0. The number of thioether (sulfide) groups is 1. The van der Waals surface area contributed by atoms with Crippen molar-refractivity contribution < 1.29 is 4.39 Å². The maximum absolute atomic E-state index is 13.5. The Kier molecular flexibility index (Phi) is 3.35. The molecule has 1 aromatic carbocycles. The van der Waals surface area contributed by atoms with Gasteiger partial charge in [-0.25, -0.2) is 14.4 Å². The molecule has 0 bridgehead atoms. The van der Waals surface area contributed by atoms with Crippen LogP contribution >= 0.6 is 23.1 Å². The zero-order chi connectivity index (χ0) is 13.2. The van der Waals surface area contributed by atoms with Crippen molar-refractivity contribution >= 4 is 39.1 Å². The summed E-state index contributed by atoms with van der Waals surface area (Å²) in [6.07, 6.45) is 0. The number of rotatable bonds is 3. The van der Waals surface area contributed by atoms with E-state index in [0.717, 1.165) is 10.2 Å². The Balaban J connectivity index is 1.84. The smallest absolute Gasteiger partial charge is 0.142 e. The molecule has 3 rings (SSSR count). The normalized spacial score (nSPS) is 11.0. The molecule has 0 fully saturated rings. The van der Waals surface area contributed by atoms with Gasteiger partial charge in [0.05, 0.1) is 11.1 Å². The van der Waals surface area contributed by atoms with Crippen molar-refractivity contribution in [3.05, 3.63) is 47.4 Å². The van der Waals surface area contributed by atoms with Gasteiger partial charge in [0.15, 0.2) is 0 Å². The summed E-state index contributed by atoms with van der Waals surface area (Å²) in [5, 5.41) is 2.81. The second kappa shape index (κ2) is 5.14. The van der Waals surface area contributed by atoms with Crippen molar-refractivity contribution in [3.63, 3.8) is 0 Å². The standard InChI is InChI=1S/C13H10FN3S2/c14-9-3-1-2-4-10(9)19-7-11-16-12(15)8-5-6-18-13(8)17-11/h1-6H,7H2,(H2,15,16,17). The highest BCUT2D eigenvalue weighted by Gasteiger charge is 2.08. The molecule has 0 saturated carbocycles. The molecule has 3 aromatic rings. The molecule has 0 aliphatic rings. The molecule has 0 aliphatic heterocycles. The van der Waals surface area contributed by atoms with Gasteiger partial charge in [0.2, 0.25) is 0 Å². The van der Waals surface area contributed by atoms with Crippen LogP contribution in [-0.2, 0) is 5.75 Å². The van der Waals surface area contributed by atoms with Gasteiger partial charge in [0, 0.05) is 4.90 Å². The van der Waals surface area contributed by atoms with Gasteiger partial charge in [0.25, 0.3) is 0 Å². The Hall–Kier alpha value is -1.66. The Bertz CT molecular complexity index is 727. The van der Waals surface area contributed by atoms with Crippen molar-refractivity contribution in [1.29, 1.82) is 0 Å². The minimum Gasteiger partial charge on any atom is -0.383 e. The van der Waals surface area contributed by atoms with E-state index in [2.05, 4.69) is 9.97 Å². The summed E-state index contributed by atoms with van der Waals surface area (Å²) in [6, 6.07) is 8.57. The minimum absolute atomic E-state index is 0.224. The first-order valence-electron chi connectivity index (χ1n) is 5.61. The van der Waals surface area contributed by atoms with E-state index in [1.54, 1.807) is 12.1 Å². The fourth-order valence-corrected chi connectivity index (χ4v) is 3.28. The van der Waals surface area contributed by atoms with Gasteiger partial charge in [0.1, 0.15) is 22.3 Å². The fourth-order valence-electron chi connectivity index (χ4n) is 1.69. The number of anilines is 1. The molecule has 0 amide bonds. The van der Waals surface area contributed by atoms with Crippen molar-refractivity contribution in [2.75, 3.05) is 5.73 Å². The first-order chi connectivity index (χ1) is 9.24. The van der Waals surface area contributed by atoms with E-state index in [9.17, 15) is 4.39 Å². The SMILES string of the molecule is Nc1nc(CSc2ccccc2F)nc2sccc12. The van der Waals surface area contributed by atoms with E-state index in [0.29, 0.717) is 22.3 Å². The number of fused-ring (bicyclic) bond motifs is 1. The van der Waals surface area contributed by atoms with E-state index < -0.39 is 0 Å². The van der Waals surface area contributed by atoms with Gasteiger partial charge >= 0.3 is 0 Å². The summed E-state index contributed by atoms with van der Waals surface area (Å²) in [5.41, 5.74) is 5.87. The van der Waals surface area contributed by atoms with Crippen molar-refractivity contribution in [1.82, 2.24) is 9.97 Å². The van der Waals surface area contributed by atoms with Crippen LogP contribution in [0.15, 0.2) is 40.6 Å². The number of nitrogens with zero attached hydrogens (tertiary/aromatic N) is 2. The van der Waals surface area contributed by atoms with Crippen LogP contribution in [0.1, 0.15) is 5.82 Å². The predicted octanol–water partition coefficient (Wildman–Crippen LogP) is 3.70. The van der Waals surface area contributed by atoms with Crippen LogP contribution in [0.2, 0.25) is 0 Å². The number of aromatic nitrogens is 2. The molecule has 0 aliphatic carbocycles. The zero-order valence-electron chi connectivity index (χ0n) is 9.84. The average molecular weight is 291 g/mol. The first-order valence-corrected chi connectivity index (χ1v) is 7.47. The van der Waals surface area contributed by atoms with Gasteiger partial charge in [-0.05, 0) is 23.6 Å². The molecule has 0 saturated heterocycles. The molecule has 2 aromatic heterocycles. The fraction of sp³-hybridized carbons (Fsp3) is 0.0769. The molecule has 19 heavy (non-hydrogen) atoms. The molecule has 6 heteroatoms. The van der Waals surface area contributed by atoms with E-state index in [1.165, 1.54) is 29.2 Å². The molecule has 96 valence electrons. The largest absolute Gasteiger partial charge is 0.383 e. The second-order valence-corrected chi connectivity index (χ2v) is 5.80.